The van der Waals surface area contributed by atoms with E-state index in [1.54, 1.807) is 18.5 Å². The van der Waals surface area contributed by atoms with Crippen LogP contribution in [0.15, 0.2) is 18.5 Å². The van der Waals surface area contributed by atoms with Crippen molar-refractivity contribution in [3.8, 4) is 0 Å². The minimum atomic E-state index is -0.362. The maximum absolute atomic E-state index is 8.93. The SMILES string of the molecule is CO[C@H](CO)[C@H](N)Cc1ncccn1. The lowest BCUT2D eigenvalue weighted by Gasteiger charge is -2.19. The second-order valence-electron chi connectivity index (χ2n) is 2.99. The van der Waals surface area contributed by atoms with Gasteiger partial charge >= 0.3 is 0 Å². The van der Waals surface area contributed by atoms with Gasteiger partial charge in [0.05, 0.1) is 12.7 Å². The molecule has 5 heteroatoms. The van der Waals surface area contributed by atoms with E-state index in [-0.39, 0.29) is 18.8 Å². The summed E-state index contributed by atoms with van der Waals surface area (Å²) in [5.74, 6) is 0.663. The third-order valence-electron chi connectivity index (χ3n) is 2.00. The van der Waals surface area contributed by atoms with E-state index in [4.69, 9.17) is 15.6 Å². The number of nitrogens with two attached hydrogens (primary N) is 1. The maximum Gasteiger partial charge on any atom is 0.129 e. The molecule has 0 saturated heterocycles. The Hall–Kier alpha value is -1.04. The van der Waals surface area contributed by atoms with Crippen molar-refractivity contribution in [3.05, 3.63) is 24.3 Å². The van der Waals surface area contributed by atoms with Gasteiger partial charge in [-0.25, -0.2) is 9.97 Å². The highest BCUT2D eigenvalue weighted by Gasteiger charge is 2.17. The number of aliphatic hydroxyl groups is 1. The largest absolute Gasteiger partial charge is 0.394 e. The molecule has 1 aromatic heterocycles. The van der Waals surface area contributed by atoms with E-state index in [0.29, 0.717) is 12.2 Å². The first-order valence-electron chi connectivity index (χ1n) is 4.43. The predicted molar refractivity (Wildman–Crippen MR) is 51.6 cm³/mol. The number of aromatic nitrogens is 2. The molecule has 1 rings (SSSR count). The van der Waals surface area contributed by atoms with Crippen molar-refractivity contribution in [2.45, 2.75) is 18.6 Å². The molecule has 1 heterocycles. The fourth-order valence-electron chi connectivity index (χ4n) is 1.16. The Morgan fingerprint density at radius 2 is 2.14 bits per heavy atom. The van der Waals surface area contributed by atoms with Crippen LogP contribution in [0.1, 0.15) is 5.82 Å². The molecule has 0 unspecified atom stereocenters. The van der Waals surface area contributed by atoms with E-state index in [1.807, 2.05) is 0 Å². The van der Waals surface area contributed by atoms with Gasteiger partial charge in [-0.2, -0.15) is 0 Å². The number of hydrogen-bond donors (Lipinski definition) is 2. The van der Waals surface area contributed by atoms with Gasteiger partial charge in [0.15, 0.2) is 0 Å². The van der Waals surface area contributed by atoms with Crippen molar-refractivity contribution in [2.24, 2.45) is 5.73 Å². The number of nitrogens with zero attached hydrogens (tertiary/aromatic N) is 2. The molecule has 0 aromatic carbocycles. The molecule has 0 fully saturated rings. The Morgan fingerprint density at radius 3 is 2.64 bits per heavy atom. The first-order valence-corrected chi connectivity index (χ1v) is 4.43. The highest BCUT2D eigenvalue weighted by atomic mass is 16.5. The molecule has 78 valence electrons. The molecule has 3 N–H and O–H groups in total. The second kappa shape index (κ2) is 5.64. The van der Waals surface area contributed by atoms with Gasteiger partial charge < -0.3 is 15.6 Å². The van der Waals surface area contributed by atoms with Crippen LogP contribution in [0.25, 0.3) is 0 Å². The summed E-state index contributed by atoms with van der Waals surface area (Å²) >= 11 is 0. The Labute approximate surface area is 82.9 Å². The summed E-state index contributed by atoms with van der Waals surface area (Å²) in [6.45, 7) is -0.0928. The third kappa shape index (κ3) is 3.02. The average Bonchev–Trinajstić information content (AvgIpc) is 2.21. The Balaban J connectivity index is 2.52. The molecule has 14 heavy (non-hydrogen) atoms. The molecule has 0 aliphatic heterocycles. The van der Waals surface area contributed by atoms with Crippen LogP contribution in [0.3, 0.4) is 0 Å². The molecule has 0 spiro atoms. The van der Waals surface area contributed by atoms with Crippen LogP contribution in [-0.4, -0.2) is 40.9 Å². The van der Waals surface area contributed by atoms with Crippen molar-refractivity contribution in [1.82, 2.24) is 9.97 Å². The van der Waals surface area contributed by atoms with Crippen LogP contribution < -0.4 is 5.73 Å². The van der Waals surface area contributed by atoms with E-state index in [2.05, 4.69) is 9.97 Å². The smallest absolute Gasteiger partial charge is 0.129 e. The first kappa shape index (κ1) is 11.0. The third-order valence-corrected chi connectivity index (χ3v) is 2.00. The van der Waals surface area contributed by atoms with Crippen molar-refractivity contribution in [3.63, 3.8) is 0 Å². The number of methoxy groups -OCH3 is 1. The lowest BCUT2D eigenvalue weighted by molar-refractivity contribution is 0.0309. The minimum Gasteiger partial charge on any atom is -0.394 e. The minimum absolute atomic E-state index is 0.0928. The van der Waals surface area contributed by atoms with Crippen molar-refractivity contribution in [1.29, 1.82) is 0 Å². The van der Waals surface area contributed by atoms with Crippen molar-refractivity contribution >= 4 is 0 Å². The Morgan fingerprint density at radius 1 is 1.50 bits per heavy atom. The van der Waals surface area contributed by atoms with Crippen molar-refractivity contribution < 1.29 is 9.84 Å². The fraction of sp³-hybridized carbons (Fsp3) is 0.556. The van der Waals surface area contributed by atoms with E-state index in [0.717, 1.165) is 0 Å². The van der Waals surface area contributed by atoms with Gasteiger partial charge in [0.2, 0.25) is 0 Å². The lowest BCUT2D eigenvalue weighted by atomic mass is 10.1. The van der Waals surface area contributed by atoms with Gasteiger partial charge in [0.1, 0.15) is 5.82 Å². The molecule has 0 radical (unpaired) electrons. The molecule has 2 atom stereocenters. The highest BCUT2D eigenvalue weighted by molar-refractivity contribution is 4.93. The molecule has 0 aliphatic carbocycles. The highest BCUT2D eigenvalue weighted by Crippen LogP contribution is 2.01. The van der Waals surface area contributed by atoms with Gasteiger partial charge in [-0.15, -0.1) is 0 Å². The van der Waals surface area contributed by atoms with E-state index in [9.17, 15) is 0 Å². The Bertz CT molecular complexity index is 251. The summed E-state index contributed by atoms with van der Waals surface area (Å²) in [7, 11) is 1.52. The predicted octanol–water partition coefficient (Wildman–Crippen LogP) is -0.646. The van der Waals surface area contributed by atoms with Gasteiger partial charge in [0.25, 0.3) is 0 Å². The summed E-state index contributed by atoms with van der Waals surface area (Å²) < 4.78 is 5.00. The summed E-state index contributed by atoms with van der Waals surface area (Å²) in [4.78, 5) is 8.08. The zero-order valence-electron chi connectivity index (χ0n) is 8.13. The number of ether oxygens (including phenoxy) is 1. The van der Waals surface area contributed by atoms with Crippen LogP contribution in [0.5, 0.6) is 0 Å². The van der Waals surface area contributed by atoms with Crippen LogP contribution in [0, 0.1) is 0 Å². The zero-order valence-corrected chi connectivity index (χ0v) is 8.13. The number of aliphatic hydroxyl groups excluding tert-OH is 1. The summed E-state index contributed by atoms with van der Waals surface area (Å²) in [6.07, 6.45) is 3.46. The normalized spacial score (nSPS) is 15.1. The van der Waals surface area contributed by atoms with Crippen LogP contribution >= 0.6 is 0 Å². The molecule has 0 aliphatic rings. The molecule has 0 bridgehead atoms. The second-order valence-corrected chi connectivity index (χ2v) is 2.99. The topological polar surface area (TPSA) is 81.3 Å². The average molecular weight is 197 g/mol. The molecule has 1 aromatic rings. The van der Waals surface area contributed by atoms with Gasteiger partial charge in [0, 0.05) is 32.0 Å². The van der Waals surface area contributed by atoms with Crippen LogP contribution in [-0.2, 0) is 11.2 Å². The number of rotatable bonds is 5. The van der Waals surface area contributed by atoms with E-state index >= 15 is 0 Å². The molecular formula is C9H15N3O2. The molecule has 0 amide bonds. The fourth-order valence-corrected chi connectivity index (χ4v) is 1.16. The first-order chi connectivity index (χ1) is 6.77. The quantitative estimate of drug-likeness (QED) is 0.655. The summed E-state index contributed by atoms with van der Waals surface area (Å²) in [6, 6.07) is 1.46. The number of hydrogen-bond acceptors (Lipinski definition) is 5. The molecule has 5 nitrogen and oxygen atoms in total. The van der Waals surface area contributed by atoms with Crippen molar-refractivity contribution in [2.75, 3.05) is 13.7 Å². The Kier molecular flexibility index (Phi) is 4.45. The van der Waals surface area contributed by atoms with Gasteiger partial charge in [-0.1, -0.05) is 0 Å². The van der Waals surface area contributed by atoms with Crippen LogP contribution in [0.4, 0.5) is 0 Å². The summed E-state index contributed by atoms with van der Waals surface area (Å²) in [5, 5.41) is 8.93. The van der Waals surface area contributed by atoms with Crippen LogP contribution in [0.2, 0.25) is 0 Å². The van der Waals surface area contributed by atoms with E-state index in [1.165, 1.54) is 7.11 Å². The zero-order chi connectivity index (χ0) is 10.4. The standard InChI is InChI=1S/C9H15N3O2/c1-14-8(6-13)7(10)5-9-11-3-2-4-12-9/h2-4,7-8,13H,5-6,10H2,1H3/t7-,8-/m1/s1. The molecule has 0 saturated carbocycles. The van der Waals surface area contributed by atoms with E-state index < -0.39 is 0 Å². The lowest BCUT2D eigenvalue weighted by Crippen LogP contribution is -2.40. The maximum atomic E-state index is 8.93. The summed E-state index contributed by atoms with van der Waals surface area (Å²) in [5.41, 5.74) is 5.81. The molecular weight excluding hydrogens is 182 g/mol. The van der Waals surface area contributed by atoms with Gasteiger partial charge in [-0.05, 0) is 6.07 Å². The van der Waals surface area contributed by atoms with Gasteiger partial charge in [-0.3, -0.25) is 0 Å². The monoisotopic (exact) mass is 197 g/mol.